The Morgan fingerprint density at radius 1 is 0.592 bits per heavy atom. The zero-order valence-corrected chi connectivity index (χ0v) is 45.7. The van der Waals surface area contributed by atoms with Crippen molar-refractivity contribution in [1.82, 2.24) is 31.5 Å². The number of ether oxygens (including phenoxy) is 6. The summed E-state index contributed by atoms with van der Waals surface area (Å²) in [5.74, 6) is -2.24. The molecule has 22 heteroatoms. The normalized spacial score (nSPS) is 16.2. The number of aliphatic carboxylic acids is 1. The lowest BCUT2D eigenvalue weighted by atomic mass is 9.86. The molecule has 0 unspecified atom stereocenters. The molecule has 0 radical (unpaired) electrons. The summed E-state index contributed by atoms with van der Waals surface area (Å²) >= 11 is 0. The number of alkyl halides is 1. The number of hydrogen-bond donors (Lipinski definition) is 6. The standard InChI is InChI=1S/C24H43N3O7.C12H22N2O4.C12H23NO4.CH3F/c1-17(11-9-10-14-25-20(30)33-22(2,3)4)18(28)27-15-12-24(13-16-27,19(29)32-8)26-21(31)34-23(5,6)7;1-11(2,3)18-10(16)14-12(9(15)17-4)5-7-13-8-6-12;1-9(10(14)15)7-5-6-8-13-11(16)17-12(2,3)4;1-2/h17H,9-16H2,1-8H3,(H,25,30)(H,26,31);13H,5-8H2,1-4H3,(H,14,16);9H,5-8H2,1-4H3,(H,13,16)(H,14,15);1H3/t17-;;9-;/m1.1./s1/i;;;1D. The number of alkyl carbamates (subject to hydrolysis) is 4. The molecule has 0 aromatic rings. The van der Waals surface area contributed by atoms with Crippen molar-refractivity contribution >= 4 is 48.2 Å². The van der Waals surface area contributed by atoms with E-state index < -0.39 is 82.9 Å². The van der Waals surface area contributed by atoms with E-state index in [1.165, 1.54) is 14.2 Å². The van der Waals surface area contributed by atoms with Crippen LogP contribution in [0.5, 0.6) is 0 Å². The maximum Gasteiger partial charge on any atom is 0.408 e. The summed E-state index contributed by atoms with van der Waals surface area (Å²) in [7, 11) is 1.60. The van der Waals surface area contributed by atoms with E-state index in [0.29, 0.717) is 65.0 Å². The first-order valence-corrected chi connectivity index (χ1v) is 24.2. The van der Waals surface area contributed by atoms with E-state index in [0.717, 1.165) is 25.7 Å². The number of carboxylic acids is 1. The van der Waals surface area contributed by atoms with Gasteiger partial charge >= 0.3 is 42.3 Å². The minimum absolute atomic E-state index is 0.0100. The SMILES string of the molecule is COC(=O)C1(NC(=O)OC(C)(C)C)CCN(C(=O)[C@H](C)CCCCNC(=O)OC(C)(C)C)CC1.COC(=O)C1(NC(=O)OC(C)(C)C)CCNCC1.C[C@H](CCCCNC(=O)OC(C)(C)C)C(=O)O.[2H]CF. The van der Waals surface area contributed by atoms with Gasteiger partial charge in [0.15, 0.2) is 0 Å². The molecular formula is C49H91FN6O15. The minimum Gasteiger partial charge on any atom is -0.481 e. The Balaban J connectivity index is 0. The summed E-state index contributed by atoms with van der Waals surface area (Å²) in [6, 6.07) is 0. The van der Waals surface area contributed by atoms with Crippen LogP contribution in [0.3, 0.4) is 0 Å². The second-order valence-electron chi connectivity index (χ2n) is 21.5. The first kappa shape index (κ1) is 65.8. The summed E-state index contributed by atoms with van der Waals surface area (Å²) in [6.07, 6.45) is 3.72. The predicted molar refractivity (Wildman–Crippen MR) is 265 cm³/mol. The van der Waals surface area contributed by atoms with Gasteiger partial charge in [0.2, 0.25) is 5.91 Å². The molecule has 2 aliphatic heterocycles. The van der Waals surface area contributed by atoms with Crippen LogP contribution in [-0.2, 0) is 47.6 Å². The fraction of sp³-hybridized carbons (Fsp3) is 0.837. The largest absolute Gasteiger partial charge is 0.481 e. The third kappa shape index (κ3) is 31.0. The topological polar surface area (TPSA) is 276 Å². The summed E-state index contributed by atoms with van der Waals surface area (Å²) in [4.78, 5) is 96.5. The van der Waals surface area contributed by atoms with Gasteiger partial charge in [0.25, 0.3) is 0 Å². The lowest BCUT2D eigenvalue weighted by Crippen LogP contribution is -2.61. The molecule has 0 aromatic carbocycles. The Kier molecular flexibility index (Phi) is 29.7. The number of methoxy groups -OCH3 is 2. The highest BCUT2D eigenvalue weighted by molar-refractivity contribution is 5.87. The monoisotopic (exact) mass is 1020 g/mol. The summed E-state index contributed by atoms with van der Waals surface area (Å²) in [5, 5.41) is 22.5. The number of piperidine rings is 2. The van der Waals surface area contributed by atoms with Crippen LogP contribution >= 0.6 is 0 Å². The van der Waals surface area contributed by atoms with Crippen LogP contribution in [0, 0.1) is 11.8 Å². The molecule has 2 atom stereocenters. The molecular weight excluding hydrogens is 932 g/mol. The van der Waals surface area contributed by atoms with Gasteiger partial charge in [0.05, 0.1) is 28.7 Å². The number of carbonyl (C=O) groups excluding carboxylic acids is 7. The number of nitrogens with one attached hydrogen (secondary N) is 5. The number of carbonyl (C=O) groups is 8. The molecule has 2 fully saturated rings. The van der Waals surface area contributed by atoms with Gasteiger partial charge in [-0.05, 0) is 148 Å². The number of hydrogen-bond acceptors (Lipinski definition) is 15. The second kappa shape index (κ2) is 32.0. The minimum atomic E-state index is -1.22. The van der Waals surface area contributed by atoms with Crippen molar-refractivity contribution in [3.63, 3.8) is 0 Å². The van der Waals surface area contributed by atoms with Gasteiger partial charge < -0.3 is 65.0 Å². The van der Waals surface area contributed by atoms with Crippen LogP contribution in [0.25, 0.3) is 0 Å². The number of amides is 5. The van der Waals surface area contributed by atoms with E-state index in [1.54, 1.807) is 74.1 Å². The second-order valence-corrected chi connectivity index (χ2v) is 21.5. The predicted octanol–water partition coefficient (Wildman–Crippen LogP) is 7.17. The Morgan fingerprint density at radius 3 is 1.24 bits per heavy atom. The van der Waals surface area contributed by atoms with E-state index in [2.05, 4.69) is 26.6 Å². The smallest absolute Gasteiger partial charge is 0.408 e. The molecule has 2 heterocycles. The van der Waals surface area contributed by atoms with Gasteiger partial charge in [-0.25, -0.2) is 28.8 Å². The number of nitrogens with zero attached hydrogens (tertiary/aromatic N) is 1. The van der Waals surface area contributed by atoms with E-state index >= 15 is 0 Å². The Morgan fingerprint density at radius 2 is 0.915 bits per heavy atom. The lowest BCUT2D eigenvalue weighted by Gasteiger charge is -2.40. The van der Waals surface area contributed by atoms with Crippen LogP contribution in [0.15, 0.2) is 0 Å². The Labute approximate surface area is 423 Å². The van der Waals surface area contributed by atoms with Crippen LogP contribution in [0.1, 0.15) is 163 Å². The van der Waals surface area contributed by atoms with Crippen LogP contribution in [0.4, 0.5) is 23.6 Å². The quantitative estimate of drug-likeness (QED) is 0.0508. The third-order valence-corrected chi connectivity index (χ3v) is 10.3. The zero-order valence-electron chi connectivity index (χ0n) is 46.7. The summed E-state index contributed by atoms with van der Waals surface area (Å²) in [6.45, 7) is 27.9. The number of carboxylic acid groups (broad SMARTS) is 1. The molecule has 2 saturated heterocycles. The van der Waals surface area contributed by atoms with Crippen LogP contribution < -0.4 is 26.6 Å². The molecule has 2 rings (SSSR count). The number of esters is 2. The molecule has 6 N–H and O–H groups in total. The molecule has 21 nitrogen and oxygen atoms in total. The van der Waals surface area contributed by atoms with Gasteiger partial charge in [-0.1, -0.05) is 26.7 Å². The molecule has 414 valence electrons. The molecule has 2 aliphatic rings. The molecule has 0 aliphatic carbocycles. The maximum atomic E-state index is 12.9. The van der Waals surface area contributed by atoms with Crippen molar-refractivity contribution in [2.24, 2.45) is 11.8 Å². The highest BCUT2D eigenvalue weighted by Crippen LogP contribution is 2.27. The average Bonchev–Trinajstić information content (AvgIpc) is 3.23. The van der Waals surface area contributed by atoms with E-state index in [9.17, 15) is 42.7 Å². The van der Waals surface area contributed by atoms with Crippen molar-refractivity contribution < 1.29 is 77.6 Å². The molecule has 5 amide bonds. The van der Waals surface area contributed by atoms with E-state index in [1.807, 2.05) is 27.7 Å². The molecule has 0 aromatic heterocycles. The first-order valence-electron chi connectivity index (χ1n) is 24.9. The molecule has 0 spiro atoms. The van der Waals surface area contributed by atoms with Gasteiger partial charge in [0, 0.05) is 32.1 Å². The van der Waals surface area contributed by atoms with Gasteiger partial charge in [-0.2, -0.15) is 0 Å². The van der Waals surface area contributed by atoms with Gasteiger partial charge in [-0.15, -0.1) is 0 Å². The highest BCUT2D eigenvalue weighted by atomic mass is 19.1. The third-order valence-electron chi connectivity index (χ3n) is 10.3. The van der Waals surface area contributed by atoms with Crippen molar-refractivity contribution in [1.29, 1.82) is 0 Å². The van der Waals surface area contributed by atoms with Crippen LogP contribution in [0.2, 0.25) is 0 Å². The number of rotatable bonds is 16. The number of unbranched alkanes of at least 4 members (excludes halogenated alkanes) is 2. The molecule has 71 heavy (non-hydrogen) atoms. The summed E-state index contributed by atoms with van der Waals surface area (Å²) in [5.41, 5.74) is -4.49. The van der Waals surface area contributed by atoms with Crippen molar-refractivity contribution in [3.8, 4) is 0 Å². The fourth-order valence-electron chi connectivity index (χ4n) is 6.83. The van der Waals surface area contributed by atoms with Crippen molar-refractivity contribution in [2.45, 2.75) is 195 Å². The number of likely N-dealkylation sites (tertiary alicyclic amines) is 1. The maximum absolute atomic E-state index is 12.9. The molecule has 0 bridgehead atoms. The Bertz CT molecular complexity index is 1680. The first-order chi connectivity index (χ1) is 33.0. The average molecular weight is 1020 g/mol. The lowest BCUT2D eigenvalue weighted by molar-refractivity contribution is -0.153. The van der Waals surface area contributed by atoms with Gasteiger partial charge in [-0.3, -0.25) is 14.0 Å². The fourth-order valence-corrected chi connectivity index (χ4v) is 6.83. The molecule has 0 saturated carbocycles. The summed E-state index contributed by atoms with van der Waals surface area (Å²) < 4.78 is 46.0. The van der Waals surface area contributed by atoms with Crippen LogP contribution in [-0.4, -0.2) is 152 Å². The van der Waals surface area contributed by atoms with E-state index in [-0.39, 0.29) is 30.6 Å². The number of halogens is 1. The zero-order chi connectivity index (χ0) is 56.1. The van der Waals surface area contributed by atoms with Gasteiger partial charge in [0.1, 0.15) is 33.5 Å². The Hall–Kier alpha value is -5.15. The van der Waals surface area contributed by atoms with E-state index in [4.69, 9.17) is 34.9 Å². The van der Waals surface area contributed by atoms with Crippen molar-refractivity contribution in [2.75, 3.05) is 60.6 Å². The van der Waals surface area contributed by atoms with Crippen molar-refractivity contribution in [3.05, 3.63) is 0 Å². The highest BCUT2D eigenvalue weighted by Gasteiger charge is 2.46.